The zero-order chi connectivity index (χ0) is 50.8. The van der Waals surface area contributed by atoms with Crippen molar-refractivity contribution in [2.24, 2.45) is 23.7 Å². The van der Waals surface area contributed by atoms with Crippen molar-refractivity contribution >= 4 is 11.7 Å². The smallest absolute Gasteiger partial charge is 0.309 e. The molecule has 5 rings (SSSR count). The van der Waals surface area contributed by atoms with Crippen molar-refractivity contribution in [3.63, 3.8) is 0 Å². The van der Waals surface area contributed by atoms with E-state index in [4.69, 9.17) is 23.7 Å². The summed E-state index contributed by atoms with van der Waals surface area (Å²) in [6, 6.07) is 2.39. The molecule has 2 aromatic rings. The van der Waals surface area contributed by atoms with Gasteiger partial charge in [-0.25, -0.2) is 9.07 Å². The number of non-ortho nitro benzene ring substituents is 1. The topological polar surface area (TPSA) is 245 Å². The highest BCUT2D eigenvalue weighted by molar-refractivity contribution is 5.73. The Morgan fingerprint density at radius 2 is 1.72 bits per heavy atom. The molecule has 0 aliphatic carbocycles. The Kier molecular flexibility index (Phi) is 18.4. The number of esters is 1. The number of nitro groups is 1. The number of carbonyl (C=O) groups excluding carboxylic acids is 1. The number of methoxy groups -OCH3 is 1. The van der Waals surface area contributed by atoms with Crippen LogP contribution in [-0.2, 0) is 41.4 Å². The number of hydrogen-bond donors (Lipinski definition) is 5. The van der Waals surface area contributed by atoms with Crippen molar-refractivity contribution in [1.82, 2.24) is 24.8 Å². The maximum Gasteiger partial charge on any atom is 0.309 e. The van der Waals surface area contributed by atoms with Crippen LogP contribution in [0.1, 0.15) is 106 Å². The number of rotatable bonds is 12. The zero-order valence-corrected chi connectivity index (χ0v) is 42.2. The number of aromatic nitrogens is 3. The fourth-order valence-electron chi connectivity index (χ4n) is 11.1. The summed E-state index contributed by atoms with van der Waals surface area (Å²) in [5.74, 6) is -4.01. The van der Waals surface area contributed by atoms with E-state index in [0.717, 1.165) is 6.07 Å². The normalized spacial score (nSPS) is 40.6. The Bertz CT molecular complexity index is 1990. The van der Waals surface area contributed by atoms with Crippen LogP contribution in [0.2, 0.25) is 0 Å². The van der Waals surface area contributed by atoms with E-state index >= 15 is 0 Å². The summed E-state index contributed by atoms with van der Waals surface area (Å²) in [6.07, 6.45) is -5.73. The molecule has 68 heavy (non-hydrogen) atoms. The Labute approximate surface area is 400 Å². The molecule has 1 aromatic heterocycles. The Morgan fingerprint density at radius 1 is 1.04 bits per heavy atom. The van der Waals surface area contributed by atoms with Gasteiger partial charge in [-0.2, -0.15) is 0 Å². The summed E-state index contributed by atoms with van der Waals surface area (Å²) < 4.78 is 48.1. The molecule has 1 unspecified atom stereocenters. The highest BCUT2D eigenvalue weighted by Crippen LogP contribution is 2.45. The summed E-state index contributed by atoms with van der Waals surface area (Å²) in [5.41, 5.74) is -4.06. The lowest BCUT2D eigenvalue weighted by Gasteiger charge is -2.51. The molecule has 20 heteroatoms. The molecular formula is C48H79FN6O13. The maximum absolute atomic E-state index is 14.6. The predicted molar refractivity (Wildman–Crippen MR) is 248 cm³/mol. The lowest BCUT2D eigenvalue weighted by atomic mass is 9.68. The molecule has 0 saturated carbocycles. The van der Waals surface area contributed by atoms with E-state index in [-0.39, 0.29) is 43.0 Å². The molecule has 386 valence electrons. The number of aliphatic hydroxyl groups is 5. The monoisotopic (exact) mass is 967 g/mol. The van der Waals surface area contributed by atoms with Gasteiger partial charge in [-0.3, -0.25) is 14.9 Å². The molecule has 3 saturated heterocycles. The number of likely N-dealkylation sites (N-methyl/N-ethyl adjacent to an activating group) is 2. The van der Waals surface area contributed by atoms with Crippen LogP contribution in [0, 0.1) is 39.6 Å². The third-order valence-corrected chi connectivity index (χ3v) is 15.3. The SMILES string of the molecule is CC[C@H]1OC(=O)[C@H](C)[C@@H](C2C[C@@](C)(OC)[C@@H](O)[C@H](C)O2)[C@H](C)[C@@H](O[C@@H]2O[C@H](C)C[C@H](N(C)CCc3cn(Cc4ccc([N+](=O)[O-])cc4F)nn3)[C@H]2O)[C@](C)(O)C[C@@H](C)CN(C)[C@H](C)[C@@H](O)[C@]1(C)O. The number of nitrogens with zero attached hydrogens (tertiary/aromatic N) is 6. The number of benzene rings is 1. The number of nitro benzene ring substituents is 1. The minimum atomic E-state index is -1.83. The fourth-order valence-corrected chi connectivity index (χ4v) is 11.1. The van der Waals surface area contributed by atoms with E-state index in [1.165, 1.54) is 30.8 Å². The molecule has 0 spiro atoms. The van der Waals surface area contributed by atoms with Gasteiger partial charge in [0.2, 0.25) is 0 Å². The lowest BCUT2D eigenvalue weighted by Crippen LogP contribution is -2.62. The number of ether oxygens (including phenoxy) is 5. The quantitative estimate of drug-likeness (QED) is 0.116. The Morgan fingerprint density at radius 3 is 2.34 bits per heavy atom. The molecule has 0 radical (unpaired) electrons. The highest BCUT2D eigenvalue weighted by atomic mass is 19.1. The van der Waals surface area contributed by atoms with Crippen LogP contribution in [-0.4, -0.2) is 180 Å². The van der Waals surface area contributed by atoms with Crippen molar-refractivity contribution in [3.05, 3.63) is 51.6 Å². The second kappa shape index (κ2) is 22.4. The van der Waals surface area contributed by atoms with Crippen molar-refractivity contribution in [3.8, 4) is 0 Å². The number of cyclic esters (lactones) is 1. The number of carbonyl (C=O) groups is 1. The summed E-state index contributed by atoms with van der Waals surface area (Å²) >= 11 is 0. The molecule has 0 amide bonds. The van der Waals surface area contributed by atoms with E-state index in [9.17, 15) is 44.8 Å². The van der Waals surface area contributed by atoms with E-state index in [1.54, 1.807) is 47.7 Å². The van der Waals surface area contributed by atoms with Crippen molar-refractivity contribution in [1.29, 1.82) is 0 Å². The summed E-state index contributed by atoms with van der Waals surface area (Å²) in [5, 5.41) is 79.3. The molecule has 0 bridgehead atoms. The fraction of sp³-hybridized carbons (Fsp3) is 0.812. The van der Waals surface area contributed by atoms with Crippen LogP contribution < -0.4 is 0 Å². The molecule has 3 aliphatic rings. The average Bonchev–Trinajstić information content (AvgIpc) is 3.72. The van der Waals surface area contributed by atoms with Crippen molar-refractivity contribution in [2.45, 2.75) is 192 Å². The first-order valence-electron chi connectivity index (χ1n) is 24.1. The third kappa shape index (κ3) is 12.4. The first kappa shape index (κ1) is 55.6. The van der Waals surface area contributed by atoms with Crippen molar-refractivity contribution in [2.75, 3.05) is 34.3 Å². The second-order valence-corrected chi connectivity index (χ2v) is 21.0. The molecular weight excluding hydrogens is 888 g/mol. The van der Waals surface area contributed by atoms with Gasteiger partial charge in [0, 0.05) is 68.9 Å². The lowest BCUT2D eigenvalue weighted by molar-refractivity contribution is -0.385. The van der Waals surface area contributed by atoms with E-state index in [0.29, 0.717) is 31.6 Å². The standard InChI is InChI=1S/C48H79FN6O13/c1-14-38-48(10,61)41(57)30(6)53(12)23-26(2)21-46(8,60)43(28(4)39(29(5)44(59)67-38)37-22-47(9,64-13)42(58)31(7)66-37)68-45-40(56)36(19-27(3)65-45)52(11)18-17-33-25-54(51-50-33)24-32-15-16-34(55(62)63)20-35(32)49/h15-16,20,25-31,36-43,45,56-58,60-61H,14,17-19,21-24H2,1-13H3/t26-,27-,28+,29-,30-,31+,36+,37?,38-,39+,40-,41-,42+,43-,45+,46-,47-,48-/m1/s1. The first-order chi connectivity index (χ1) is 31.6. The largest absolute Gasteiger partial charge is 0.459 e. The van der Waals surface area contributed by atoms with Gasteiger partial charge in [0.25, 0.3) is 5.69 Å². The average molecular weight is 967 g/mol. The first-order valence-corrected chi connectivity index (χ1v) is 24.1. The molecule has 3 aliphatic heterocycles. The van der Waals surface area contributed by atoms with Gasteiger partial charge in [0.05, 0.1) is 64.8 Å². The zero-order valence-electron chi connectivity index (χ0n) is 42.2. The van der Waals surface area contributed by atoms with Gasteiger partial charge in [-0.05, 0) is 92.8 Å². The highest BCUT2D eigenvalue weighted by Gasteiger charge is 2.55. The minimum Gasteiger partial charge on any atom is -0.459 e. The van der Waals surface area contributed by atoms with Crippen LogP contribution in [0.15, 0.2) is 24.4 Å². The van der Waals surface area contributed by atoms with E-state index in [1.807, 2.05) is 44.7 Å². The van der Waals surface area contributed by atoms with Gasteiger partial charge in [-0.15, -0.1) is 5.10 Å². The van der Waals surface area contributed by atoms with Gasteiger partial charge >= 0.3 is 5.97 Å². The molecule has 18 atom stereocenters. The molecule has 19 nitrogen and oxygen atoms in total. The molecule has 4 heterocycles. The van der Waals surface area contributed by atoms with Crippen LogP contribution in [0.25, 0.3) is 0 Å². The summed E-state index contributed by atoms with van der Waals surface area (Å²) in [6.45, 7) is 18.5. The Hall–Kier alpha value is -3.28. The molecule has 1 aromatic carbocycles. The number of hydrogen-bond acceptors (Lipinski definition) is 17. The van der Waals surface area contributed by atoms with Gasteiger partial charge in [0.15, 0.2) is 6.29 Å². The van der Waals surface area contributed by atoms with Crippen molar-refractivity contribution < 1.29 is 63.3 Å². The minimum absolute atomic E-state index is 0.0185. The third-order valence-electron chi connectivity index (χ3n) is 15.3. The molecule has 3 fully saturated rings. The summed E-state index contributed by atoms with van der Waals surface area (Å²) in [4.78, 5) is 28.9. The van der Waals surface area contributed by atoms with Crippen LogP contribution in [0.3, 0.4) is 0 Å². The van der Waals surface area contributed by atoms with Gasteiger partial charge in [-0.1, -0.05) is 32.9 Å². The second-order valence-electron chi connectivity index (χ2n) is 21.0. The predicted octanol–water partition coefficient (Wildman–Crippen LogP) is 3.47. The number of halogens is 1. The van der Waals surface area contributed by atoms with E-state index < -0.39 is 118 Å². The maximum atomic E-state index is 14.6. The summed E-state index contributed by atoms with van der Waals surface area (Å²) in [7, 11) is 5.21. The Balaban J connectivity index is 1.46. The van der Waals surface area contributed by atoms with Crippen LogP contribution >= 0.6 is 0 Å². The number of aliphatic hydroxyl groups excluding tert-OH is 3. The van der Waals surface area contributed by atoms with Crippen LogP contribution in [0.4, 0.5) is 10.1 Å². The van der Waals surface area contributed by atoms with E-state index in [2.05, 4.69) is 10.3 Å². The van der Waals surface area contributed by atoms with Crippen LogP contribution in [0.5, 0.6) is 0 Å². The van der Waals surface area contributed by atoms with Gasteiger partial charge < -0.3 is 59.0 Å². The molecule has 5 N–H and O–H groups in total. The van der Waals surface area contributed by atoms with Gasteiger partial charge in [0.1, 0.15) is 35.8 Å².